The molecule has 0 aliphatic heterocycles. The summed E-state index contributed by atoms with van der Waals surface area (Å²) < 4.78 is 39.9. The highest BCUT2D eigenvalue weighted by molar-refractivity contribution is 7.10. The molecule has 0 spiro atoms. The topological polar surface area (TPSA) is 12.0 Å². The van der Waals surface area contributed by atoms with Gasteiger partial charge in [-0.1, -0.05) is 19.8 Å². The van der Waals surface area contributed by atoms with Gasteiger partial charge in [0.1, 0.15) is 0 Å². The number of hydrogen-bond donors (Lipinski definition) is 1. The smallest absolute Gasteiger partial charge is 0.310 e. The fraction of sp³-hybridized carbons (Fsp3) is 0.733. The first-order valence-corrected chi connectivity index (χ1v) is 8.16. The number of alkyl halides is 3. The molecule has 0 aromatic carbocycles. The number of halogens is 3. The number of nitrogens with one attached hydrogen (secondary N) is 1. The summed E-state index contributed by atoms with van der Waals surface area (Å²) in [5.74, 6) is -1.50. The van der Waals surface area contributed by atoms with Crippen molar-refractivity contribution in [2.45, 2.75) is 51.7 Å². The van der Waals surface area contributed by atoms with Crippen LogP contribution in [0.5, 0.6) is 0 Å². The second-order valence-electron chi connectivity index (χ2n) is 5.62. The molecule has 3 atom stereocenters. The molecule has 1 nitrogen and oxygen atoms in total. The zero-order valence-corrected chi connectivity index (χ0v) is 12.8. The number of aryl methyl sites for hydroxylation is 1. The molecule has 114 valence electrons. The van der Waals surface area contributed by atoms with Gasteiger partial charge in [0.2, 0.25) is 0 Å². The van der Waals surface area contributed by atoms with Crippen LogP contribution >= 0.6 is 11.3 Å². The van der Waals surface area contributed by atoms with Gasteiger partial charge in [-0.25, -0.2) is 0 Å². The molecule has 1 aromatic heterocycles. The molecule has 1 N–H and O–H groups in total. The fourth-order valence-corrected chi connectivity index (χ4v) is 4.07. The van der Waals surface area contributed by atoms with Gasteiger partial charge >= 0.3 is 6.18 Å². The Morgan fingerprint density at radius 2 is 2.05 bits per heavy atom. The zero-order chi connectivity index (χ0) is 14.8. The van der Waals surface area contributed by atoms with Crippen LogP contribution in [0.2, 0.25) is 0 Å². The summed E-state index contributed by atoms with van der Waals surface area (Å²) in [4.78, 5) is 1.15. The molecule has 1 aliphatic carbocycles. The van der Waals surface area contributed by atoms with Gasteiger partial charge in [-0.15, -0.1) is 11.3 Å². The van der Waals surface area contributed by atoms with E-state index in [1.165, 1.54) is 0 Å². The van der Waals surface area contributed by atoms with Crippen LogP contribution in [0.1, 0.15) is 49.1 Å². The van der Waals surface area contributed by atoms with E-state index in [-0.39, 0.29) is 18.4 Å². The molecule has 1 heterocycles. The first-order chi connectivity index (χ1) is 9.43. The fourth-order valence-electron chi connectivity index (χ4n) is 3.33. The third kappa shape index (κ3) is 3.55. The summed E-state index contributed by atoms with van der Waals surface area (Å²) in [6.45, 7) is 4.65. The van der Waals surface area contributed by atoms with Crippen LogP contribution in [0, 0.1) is 18.8 Å². The molecule has 5 heteroatoms. The predicted octanol–water partition coefficient (Wildman–Crippen LogP) is 5.08. The maximum Gasteiger partial charge on any atom is 0.392 e. The van der Waals surface area contributed by atoms with Crippen LogP contribution in [0.15, 0.2) is 11.4 Å². The average molecular weight is 305 g/mol. The highest BCUT2D eigenvalue weighted by atomic mass is 32.1. The van der Waals surface area contributed by atoms with E-state index in [9.17, 15) is 13.2 Å². The highest BCUT2D eigenvalue weighted by Crippen LogP contribution is 2.46. The molecule has 3 unspecified atom stereocenters. The molecular formula is C15H22F3NS. The number of hydrogen-bond acceptors (Lipinski definition) is 2. The van der Waals surface area contributed by atoms with Crippen LogP contribution in [0.25, 0.3) is 0 Å². The molecule has 0 amide bonds. The first kappa shape index (κ1) is 15.8. The molecule has 1 aromatic rings. The van der Waals surface area contributed by atoms with E-state index in [2.05, 4.69) is 5.32 Å². The zero-order valence-electron chi connectivity index (χ0n) is 12.0. The van der Waals surface area contributed by atoms with E-state index < -0.39 is 12.1 Å². The van der Waals surface area contributed by atoms with Crippen molar-refractivity contribution in [2.24, 2.45) is 11.8 Å². The molecule has 1 saturated carbocycles. The standard InChI is InChI=1S/C15H22F3NS/c1-3-19-14(11-8-10(2)20-9-11)12-6-4-5-7-13(12)15(16,17)18/h8-9,12-14,19H,3-7H2,1-2H3. The van der Waals surface area contributed by atoms with Crippen LogP contribution in [-0.2, 0) is 0 Å². The van der Waals surface area contributed by atoms with Crippen molar-refractivity contribution in [3.8, 4) is 0 Å². The monoisotopic (exact) mass is 305 g/mol. The molecule has 2 rings (SSSR count). The molecule has 0 saturated heterocycles. The lowest BCUT2D eigenvalue weighted by Crippen LogP contribution is -2.40. The Morgan fingerprint density at radius 3 is 2.60 bits per heavy atom. The minimum Gasteiger partial charge on any atom is -0.310 e. The summed E-state index contributed by atoms with van der Waals surface area (Å²) in [6, 6.07) is 1.86. The lowest BCUT2D eigenvalue weighted by Gasteiger charge is -2.38. The molecular weight excluding hydrogens is 283 g/mol. The number of thiophene rings is 1. The Balaban J connectivity index is 2.26. The van der Waals surface area contributed by atoms with E-state index in [1.807, 2.05) is 25.3 Å². The third-order valence-electron chi connectivity index (χ3n) is 4.20. The van der Waals surface area contributed by atoms with Gasteiger partial charge in [-0.2, -0.15) is 13.2 Å². The first-order valence-electron chi connectivity index (χ1n) is 7.28. The van der Waals surface area contributed by atoms with Crippen LogP contribution in [-0.4, -0.2) is 12.7 Å². The Labute approximate surface area is 122 Å². The van der Waals surface area contributed by atoms with E-state index in [1.54, 1.807) is 11.3 Å². The van der Waals surface area contributed by atoms with Crippen LogP contribution < -0.4 is 5.32 Å². The molecule has 0 bridgehead atoms. The summed E-state index contributed by atoms with van der Waals surface area (Å²) in [7, 11) is 0. The average Bonchev–Trinajstić information content (AvgIpc) is 2.81. The van der Waals surface area contributed by atoms with Crippen molar-refractivity contribution in [3.05, 3.63) is 21.9 Å². The second-order valence-corrected chi connectivity index (χ2v) is 6.74. The van der Waals surface area contributed by atoms with Gasteiger partial charge in [0.05, 0.1) is 5.92 Å². The van der Waals surface area contributed by atoms with E-state index in [0.717, 1.165) is 16.9 Å². The Bertz CT molecular complexity index is 427. The highest BCUT2D eigenvalue weighted by Gasteiger charge is 2.48. The SMILES string of the molecule is CCNC(c1csc(C)c1)C1CCCCC1C(F)(F)F. The lowest BCUT2D eigenvalue weighted by molar-refractivity contribution is -0.199. The van der Waals surface area contributed by atoms with Crippen molar-refractivity contribution in [1.82, 2.24) is 5.32 Å². The lowest BCUT2D eigenvalue weighted by atomic mass is 9.73. The minimum absolute atomic E-state index is 0.170. The summed E-state index contributed by atoms with van der Waals surface area (Å²) in [5.41, 5.74) is 1.02. The molecule has 1 aliphatic rings. The van der Waals surface area contributed by atoms with Crippen LogP contribution in [0.3, 0.4) is 0 Å². The molecule has 20 heavy (non-hydrogen) atoms. The van der Waals surface area contributed by atoms with Gasteiger partial charge in [0, 0.05) is 10.9 Å². The quantitative estimate of drug-likeness (QED) is 0.818. The third-order valence-corrected chi connectivity index (χ3v) is 5.08. The van der Waals surface area contributed by atoms with Crippen molar-refractivity contribution in [1.29, 1.82) is 0 Å². The number of rotatable bonds is 4. The van der Waals surface area contributed by atoms with Gasteiger partial charge in [-0.3, -0.25) is 0 Å². The van der Waals surface area contributed by atoms with Gasteiger partial charge < -0.3 is 5.32 Å². The molecule has 0 radical (unpaired) electrons. The van der Waals surface area contributed by atoms with Crippen molar-refractivity contribution < 1.29 is 13.2 Å². The summed E-state index contributed by atoms with van der Waals surface area (Å²) in [5, 5.41) is 5.30. The largest absolute Gasteiger partial charge is 0.392 e. The van der Waals surface area contributed by atoms with Gasteiger partial charge in [0.15, 0.2) is 0 Å². The maximum absolute atomic E-state index is 13.3. The Hall–Kier alpha value is -0.550. The second kappa shape index (κ2) is 6.48. The predicted molar refractivity (Wildman–Crippen MR) is 77.0 cm³/mol. The van der Waals surface area contributed by atoms with Crippen LogP contribution in [0.4, 0.5) is 13.2 Å². The normalized spacial score (nSPS) is 25.6. The minimum atomic E-state index is -4.08. The van der Waals surface area contributed by atoms with Gasteiger partial charge in [0.25, 0.3) is 0 Å². The van der Waals surface area contributed by atoms with Gasteiger partial charge in [-0.05, 0) is 49.2 Å². The Morgan fingerprint density at radius 1 is 1.35 bits per heavy atom. The van der Waals surface area contributed by atoms with Crippen molar-refractivity contribution in [3.63, 3.8) is 0 Å². The summed E-state index contributed by atoms with van der Waals surface area (Å²) in [6.07, 6.45) is -1.54. The van der Waals surface area contributed by atoms with E-state index >= 15 is 0 Å². The maximum atomic E-state index is 13.3. The van der Waals surface area contributed by atoms with Crippen molar-refractivity contribution >= 4 is 11.3 Å². The summed E-state index contributed by atoms with van der Waals surface area (Å²) >= 11 is 1.61. The van der Waals surface area contributed by atoms with Crippen molar-refractivity contribution in [2.75, 3.05) is 6.54 Å². The van der Waals surface area contributed by atoms with E-state index in [0.29, 0.717) is 19.4 Å². The van der Waals surface area contributed by atoms with E-state index in [4.69, 9.17) is 0 Å². The Kier molecular flexibility index (Phi) is 5.13. The molecule has 1 fully saturated rings.